The first-order valence-electron chi connectivity index (χ1n) is 2.71. The highest BCUT2D eigenvalue weighted by Gasteiger charge is 2.31. The number of nitrogens with zero attached hydrogens (tertiary/aromatic N) is 1. The highest BCUT2D eigenvalue weighted by atomic mass is 16.2. The maximum atomic E-state index is 10.8. The van der Waals surface area contributed by atoms with Crippen molar-refractivity contribution in [1.82, 2.24) is 10.2 Å². The maximum absolute atomic E-state index is 10.8. The van der Waals surface area contributed by atoms with E-state index in [2.05, 4.69) is 5.32 Å². The number of rotatable bonds is 0. The molecule has 0 aliphatic carbocycles. The number of carbonyl (C=O) groups excluding carboxylic acids is 2. The summed E-state index contributed by atoms with van der Waals surface area (Å²) in [6.45, 7) is 1.66. The average Bonchev–Trinajstić information content (AvgIpc) is 1.98. The van der Waals surface area contributed by atoms with Crippen molar-refractivity contribution in [2.24, 2.45) is 0 Å². The zero-order chi connectivity index (χ0) is 7.02. The SMILES string of the molecule is C[C@H]1NC(=O)N(C)C1=O. The van der Waals surface area contributed by atoms with Crippen molar-refractivity contribution in [2.75, 3.05) is 7.05 Å². The summed E-state index contributed by atoms with van der Waals surface area (Å²) in [5, 5.41) is 2.45. The van der Waals surface area contributed by atoms with Crippen LogP contribution in [0.3, 0.4) is 0 Å². The third-order valence-corrected chi connectivity index (χ3v) is 1.35. The number of urea groups is 1. The normalized spacial score (nSPS) is 26.9. The highest BCUT2D eigenvalue weighted by molar-refractivity contribution is 6.03. The fourth-order valence-electron chi connectivity index (χ4n) is 0.734. The highest BCUT2D eigenvalue weighted by Crippen LogP contribution is 2.00. The van der Waals surface area contributed by atoms with Crippen LogP contribution < -0.4 is 5.32 Å². The monoisotopic (exact) mass is 128 g/mol. The third-order valence-electron chi connectivity index (χ3n) is 1.35. The van der Waals surface area contributed by atoms with Crippen LogP contribution in [0.4, 0.5) is 4.79 Å². The lowest BCUT2D eigenvalue weighted by Gasteiger charge is -2.00. The van der Waals surface area contributed by atoms with Crippen molar-refractivity contribution in [1.29, 1.82) is 0 Å². The van der Waals surface area contributed by atoms with Gasteiger partial charge in [0.15, 0.2) is 0 Å². The predicted molar refractivity (Wildman–Crippen MR) is 30.8 cm³/mol. The van der Waals surface area contributed by atoms with Crippen LogP contribution in [-0.4, -0.2) is 29.9 Å². The summed E-state index contributed by atoms with van der Waals surface area (Å²) in [6.07, 6.45) is 0. The van der Waals surface area contributed by atoms with Crippen molar-refractivity contribution in [3.05, 3.63) is 0 Å². The molecule has 0 saturated carbocycles. The summed E-state index contributed by atoms with van der Waals surface area (Å²) >= 11 is 0. The quantitative estimate of drug-likeness (QED) is 0.449. The molecule has 3 amide bonds. The number of nitrogens with one attached hydrogen (secondary N) is 1. The Morgan fingerprint density at radius 1 is 1.56 bits per heavy atom. The Morgan fingerprint density at radius 2 is 2.11 bits per heavy atom. The van der Waals surface area contributed by atoms with E-state index >= 15 is 0 Å². The smallest absolute Gasteiger partial charge is 0.324 e. The predicted octanol–water partition coefficient (Wildman–Crippen LogP) is -0.444. The minimum Gasteiger partial charge on any atom is -0.326 e. The van der Waals surface area contributed by atoms with Gasteiger partial charge >= 0.3 is 6.03 Å². The molecule has 1 rings (SSSR count). The van der Waals surface area contributed by atoms with Crippen LogP contribution in [0.2, 0.25) is 0 Å². The van der Waals surface area contributed by atoms with Gasteiger partial charge < -0.3 is 5.32 Å². The second-order valence-corrected chi connectivity index (χ2v) is 2.07. The van der Waals surface area contributed by atoms with E-state index in [1.54, 1.807) is 6.92 Å². The van der Waals surface area contributed by atoms with Gasteiger partial charge in [-0.3, -0.25) is 9.69 Å². The van der Waals surface area contributed by atoms with Crippen LogP contribution in [0.5, 0.6) is 0 Å². The number of amides is 3. The second kappa shape index (κ2) is 1.72. The molecule has 0 bridgehead atoms. The molecule has 1 aliphatic heterocycles. The van der Waals surface area contributed by atoms with Crippen LogP contribution in [0, 0.1) is 0 Å². The summed E-state index contributed by atoms with van der Waals surface area (Å²) in [6, 6.07) is -0.657. The molecule has 0 unspecified atom stereocenters. The molecular weight excluding hydrogens is 120 g/mol. The van der Waals surface area contributed by atoms with E-state index in [-0.39, 0.29) is 18.0 Å². The van der Waals surface area contributed by atoms with Gasteiger partial charge in [0.25, 0.3) is 5.91 Å². The molecule has 1 fully saturated rings. The van der Waals surface area contributed by atoms with Gasteiger partial charge in [-0.15, -0.1) is 0 Å². The van der Waals surface area contributed by atoms with Gasteiger partial charge in [-0.05, 0) is 6.92 Å². The van der Waals surface area contributed by atoms with E-state index in [0.29, 0.717) is 0 Å². The van der Waals surface area contributed by atoms with E-state index in [9.17, 15) is 9.59 Å². The fourth-order valence-corrected chi connectivity index (χ4v) is 0.734. The maximum Gasteiger partial charge on any atom is 0.324 e. The van der Waals surface area contributed by atoms with Gasteiger partial charge in [0.1, 0.15) is 6.04 Å². The zero-order valence-electron chi connectivity index (χ0n) is 5.34. The molecule has 1 atom stereocenters. The molecule has 4 heteroatoms. The summed E-state index contributed by atoms with van der Waals surface area (Å²) in [7, 11) is 1.46. The van der Waals surface area contributed by atoms with Crippen molar-refractivity contribution < 1.29 is 9.59 Å². The van der Waals surface area contributed by atoms with E-state index in [0.717, 1.165) is 4.90 Å². The average molecular weight is 128 g/mol. The summed E-state index contributed by atoms with van der Waals surface area (Å²) in [4.78, 5) is 22.4. The fraction of sp³-hybridized carbons (Fsp3) is 0.600. The Morgan fingerprint density at radius 3 is 2.22 bits per heavy atom. The van der Waals surface area contributed by atoms with Crippen LogP contribution in [-0.2, 0) is 4.79 Å². The first kappa shape index (κ1) is 6.07. The minimum absolute atomic E-state index is 0.167. The van der Waals surface area contributed by atoms with Crippen molar-refractivity contribution in [3.63, 3.8) is 0 Å². The van der Waals surface area contributed by atoms with E-state index in [1.165, 1.54) is 7.05 Å². The molecule has 0 aromatic rings. The Kier molecular flexibility index (Phi) is 1.16. The van der Waals surface area contributed by atoms with Crippen LogP contribution >= 0.6 is 0 Å². The molecule has 0 aromatic heterocycles. The minimum atomic E-state index is -0.345. The Hall–Kier alpha value is -1.06. The topological polar surface area (TPSA) is 49.4 Å². The largest absolute Gasteiger partial charge is 0.326 e. The molecular formula is C5H8N2O2. The number of likely N-dealkylation sites (N-methyl/N-ethyl adjacent to an activating group) is 1. The van der Waals surface area contributed by atoms with Crippen LogP contribution in [0.15, 0.2) is 0 Å². The molecule has 1 aliphatic rings. The van der Waals surface area contributed by atoms with Gasteiger partial charge in [0.05, 0.1) is 0 Å². The third kappa shape index (κ3) is 0.759. The first-order chi connectivity index (χ1) is 4.13. The second-order valence-electron chi connectivity index (χ2n) is 2.07. The number of hydrogen-bond donors (Lipinski definition) is 1. The van der Waals surface area contributed by atoms with Gasteiger partial charge in [0.2, 0.25) is 0 Å². The first-order valence-corrected chi connectivity index (χ1v) is 2.71. The lowest BCUT2D eigenvalue weighted by molar-refractivity contribution is -0.126. The van der Waals surface area contributed by atoms with Crippen molar-refractivity contribution in [2.45, 2.75) is 13.0 Å². The summed E-state index contributed by atoms with van der Waals surface area (Å²) in [5.41, 5.74) is 0. The molecule has 0 radical (unpaired) electrons. The summed E-state index contributed by atoms with van der Waals surface area (Å²) in [5.74, 6) is -0.167. The molecule has 50 valence electrons. The van der Waals surface area contributed by atoms with Gasteiger partial charge in [-0.2, -0.15) is 0 Å². The van der Waals surface area contributed by atoms with Gasteiger partial charge in [-0.1, -0.05) is 0 Å². The molecule has 1 heterocycles. The molecule has 0 spiro atoms. The zero-order valence-corrected chi connectivity index (χ0v) is 5.34. The Balaban J connectivity index is 2.77. The lowest BCUT2D eigenvalue weighted by Crippen LogP contribution is -2.25. The molecule has 1 saturated heterocycles. The van der Waals surface area contributed by atoms with Gasteiger partial charge in [0, 0.05) is 7.05 Å². The Labute approximate surface area is 52.8 Å². The molecule has 9 heavy (non-hydrogen) atoms. The standard InChI is InChI=1S/C5H8N2O2/c1-3-4(8)7(2)5(9)6-3/h3H,1-2H3,(H,6,9)/t3-/m1/s1. The number of imide groups is 1. The van der Waals surface area contributed by atoms with Crippen molar-refractivity contribution >= 4 is 11.9 Å². The lowest BCUT2D eigenvalue weighted by atomic mass is 10.3. The number of carbonyl (C=O) groups is 2. The summed E-state index contributed by atoms with van der Waals surface area (Å²) < 4.78 is 0. The van der Waals surface area contributed by atoms with Gasteiger partial charge in [-0.25, -0.2) is 4.79 Å². The molecule has 4 nitrogen and oxygen atoms in total. The van der Waals surface area contributed by atoms with Crippen LogP contribution in [0.25, 0.3) is 0 Å². The van der Waals surface area contributed by atoms with Crippen LogP contribution in [0.1, 0.15) is 6.92 Å². The number of hydrogen-bond acceptors (Lipinski definition) is 2. The molecule has 0 aromatic carbocycles. The van der Waals surface area contributed by atoms with Crippen molar-refractivity contribution in [3.8, 4) is 0 Å². The van der Waals surface area contributed by atoms with E-state index in [4.69, 9.17) is 0 Å². The van der Waals surface area contributed by atoms with E-state index < -0.39 is 0 Å². The van der Waals surface area contributed by atoms with E-state index in [1.807, 2.05) is 0 Å². The Bertz CT molecular complexity index is 166. The molecule has 1 N–H and O–H groups in total.